The number of thiophene rings is 1. The zero-order chi connectivity index (χ0) is 21.9. The lowest BCUT2D eigenvalue weighted by atomic mass is 10.1. The highest BCUT2D eigenvalue weighted by molar-refractivity contribution is 7.09. The molecule has 1 N–H and O–H groups in total. The normalized spacial score (nSPS) is 15.4. The van der Waals surface area contributed by atoms with Gasteiger partial charge in [-0.15, -0.1) is 11.3 Å². The average Bonchev–Trinajstić information content (AvgIpc) is 3.45. The molecule has 0 amide bonds. The Bertz CT molecular complexity index is 1280. The van der Waals surface area contributed by atoms with Crippen molar-refractivity contribution in [2.45, 2.75) is 26.1 Å². The maximum absolute atomic E-state index is 6.46. The van der Waals surface area contributed by atoms with E-state index in [4.69, 9.17) is 21.1 Å². The van der Waals surface area contributed by atoms with E-state index >= 15 is 0 Å². The topological polar surface area (TPSA) is 68.6 Å². The average molecular weight is 465 g/mol. The second-order valence-corrected chi connectivity index (χ2v) is 8.99. The third kappa shape index (κ3) is 4.69. The van der Waals surface area contributed by atoms with Crippen LogP contribution in [0.3, 0.4) is 0 Å². The maximum atomic E-state index is 6.46. The van der Waals surface area contributed by atoms with Gasteiger partial charge < -0.3 is 14.8 Å². The molecule has 0 aliphatic carbocycles. The number of rotatable bonds is 7. The van der Waals surface area contributed by atoms with Crippen molar-refractivity contribution < 1.29 is 9.47 Å². The molecule has 5 rings (SSSR count). The second-order valence-electron chi connectivity index (χ2n) is 7.55. The van der Waals surface area contributed by atoms with Gasteiger partial charge in [0.25, 0.3) is 0 Å². The van der Waals surface area contributed by atoms with Crippen LogP contribution in [0.25, 0.3) is 10.9 Å². The number of ether oxygens (including phenoxy) is 2. The van der Waals surface area contributed by atoms with E-state index in [1.807, 2.05) is 54.8 Å². The number of anilines is 2. The fourth-order valence-corrected chi connectivity index (χ4v) is 4.35. The third-order valence-electron chi connectivity index (χ3n) is 5.06. The Labute approximate surface area is 194 Å². The van der Waals surface area contributed by atoms with Gasteiger partial charge in [0.1, 0.15) is 30.6 Å². The van der Waals surface area contributed by atoms with Gasteiger partial charge in [-0.2, -0.15) is 0 Å². The molecule has 1 aliphatic rings. The molecule has 0 radical (unpaired) electrons. The summed E-state index contributed by atoms with van der Waals surface area (Å²) in [6.07, 6.45) is 2.35. The van der Waals surface area contributed by atoms with Crippen molar-refractivity contribution in [2.24, 2.45) is 4.99 Å². The van der Waals surface area contributed by atoms with Crippen LogP contribution in [0.4, 0.5) is 11.5 Å². The Hall–Kier alpha value is -3.16. The molecular formula is C24H21ClN4O2S. The predicted molar refractivity (Wildman–Crippen MR) is 129 cm³/mol. The first-order chi connectivity index (χ1) is 15.6. The fraction of sp³-hybridized carbons (Fsp3) is 0.208. The maximum Gasteiger partial charge on any atom is 0.188 e. The molecule has 3 heterocycles. The summed E-state index contributed by atoms with van der Waals surface area (Å²) in [6, 6.07) is 15.8. The molecule has 4 aromatic rings. The molecule has 0 saturated heterocycles. The smallest absolute Gasteiger partial charge is 0.188 e. The lowest BCUT2D eigenvalue weighted by Gasteiger charge is -2.12. The molecule has 0 spiro atoms. The van der Waals surface area contributed by atoms with E-state index in [0.29, 0.717) is 36.2 Å². The summed E-state index contributed by atoms with van der Waals surface area (Å²) in [5, 5.41) is 6.85. The van der Waals surface area contributed by atoms with Gasteiger partial charge in [0.15, 0.2) is 5.90 Å². The van der Waals surface area contributed by atoms with Gasteiger partial charge in [-0.1, -0.05) is 23.7 Å². The van der Waals surface area contributed by atoms with Gasteiger partial charge in [-0.25, -0.2) is 9.97 Å². The number of hydrogen-bond donors (Lipinski definition) is 1. The van der Waals surface area contributed by atoms with Crippen molar-refractivity contribution in [3.63, 3.8) is 0 Å². The number of nitrogens with zero attached hydrogens (tertiary/aromatic N) is 3. The van der Waals surface area contributed by atoms with E-state index in [9.17, 15) is 0 Å². The first-order valence-electron chi connectivity index (χ1n) is 10.3. The number of aliphatic imine (C=N–C) groups is 1. The van der Waals surface area contributed by atoms with Crippen molar-refractivity contribution in [3.05, 3.63) is 75.7 Å². The van der Waals surface area contributed by atoms with Crippen LogP contribution < -0.4 is 10.1 Å². The molecule has 0 bridgehead atoms. The number of fused-ring (bicyclic) bond motifs is 1. The summed E-state index contributed by atoms with van der Waals surface area (Å²) in [4.78, 5) is 14.4. The van der Waals surface area contributed by atoms with Gasteiger partial charge in [0.05, 0.1) is 17.1 Å². The van der Waals surface area contributed by atoms with E-state index in [-0.39, 0.29) is 6.10 Å². The van der Waals surface area contributed by atoms with Crippen LogP contribution in [0.2, 0.25) is 5.02 Å². The number of halogens is 1. The zero-order valence-corrected chi connectivity index (χ0v) is 19.0. The Morgan fingerprint density at radius 3 is 2.91 bits per heavy atom. The van der Waals surface area contributed by atoms with Gasteiger partial charge in [0.2, 0.25) is 0 Å². The lowest BCUT2D eigenvalue weighted by molar-refractivity contribution is 0.241. The first-order valence-corrected chi connectivity index (χ1v) is 11.6. The van der Waals surface area contributed by atoms with Crippen LogP contribution in [0.5, 0.6) is 5.75 Å². The van der Waals surface area contributed by atoms with Crippen LogP contribution in [0, 0.1) is 0 Å². The van der Waals surface area contributed by atoms with Gasteiger partial charge in [-0.3, -0.25) is 4.99 Å². The van der Waals surface area contributed by atoms with Gasteiger partial charge >= 0.3 is 0 Å². The number of hydrogen-bond acceptors (Lipinski definition) is 7. The number of nitrogens with one attached hydrogen (secondary N) is 1. The first kappa shape index (κ1) is 20.7. The molecule has 2 aromatic heterocycles. The molecule has 0 saturated carbocycles. The van der Waals surface area contributed by atoms with Crippen LogP contribution in [-0.4, -0.2) is 28.5 Å². The number of benzene rings is 2. The highest BCUT2D eigenvalue weighted by Gasteiger charge is 2.16. The highest BCUT2D eigenvalue weighted by Crippen LogP contribution is 2.31. The second kappa shape index (κ2) is 9.14. The molecule has 32 heavy (non-hydrogen) atoms. The fourth-order valence-electron chi connectivity index (χ4n) is 3.50. The molecular weight excluding hydrogens is 444 g/mol. The Morgan fingerprint density at radius 1 is 1.19 bits per heavy atom. The SMILES string of the molecule is CC1CN=C(Cc2ccc3ncnc(Nc4ccc(OCc5cccs5)c(Cl)c4)c3c2)O1. The molecule has 0 fully saturated rings. The van der Waals surface area contributed by atoms with E-state index < -0.39 is 0 Å². The van der Waals surface area contributed by atoms with Crippen molar-refractivity contribution in [1.82, 2.24) is 9.97 Å². The summed E-state index contributed by atoms with van der Waals surface area (Å²) in [5.41, 5.74) is 2.77. The van der Waals surface area contributed by atoms with E-state index in [1.165, 1.54) is 0 Å². The monoisotopic (exact) mass is 464 g/mol. The molecule has 8 heteroatoms. The predicted octanol–water partition coefficient (Wildman–Crippen LogP) is 6.03. The van der Waals surface area contributed by atoms with Crippen LogP contribution in [-0.2, 0) is 17.8 Å². The minimum absolute atomic E-state index is 0.146. The molecule has 1 aliphatic heterocycles. The third-order valence-corrected chi connectivity index (χ3v) is 6.21. The van der Waals surface area contributed by atoms with Gasteiger partial charge in [0, 0.05) is 22.4 Å². The van der Waals surface area contributed by atoms with Crippen LogP contribution >= 0.6 is 22.9 Å². The van der Waals surface area contributed by atoms with Crippen LogP contribution in [0.1, 0.15) is 17.4 Å². The Morgan fingerprint density at radius 2 is 2.12 bits per heavy atom. The van der Waals surface area contributed by atoms with E-state index in [0.717, 1.165) is 32.9 Å². The molecule has 1 unspecified atom stereocenters. The molecule has 6 nitrogen and oxygen atoms in total. The molecule has 162 valence electrons. The van der Waals surface area contributed by atoms with Crippen LogP contribution in [0.15, 0.2) is 65.2 Å². The van der Waals surface area contributed by atoms with E-state index in [2.05, 4.69) is 26.3 Å². The van der Waals surface area contributed by atoms with Crippen molar-refractivity contribution in [1.29, 1.82) is 0 Å². The quantitative estimate of drug-likeness (QED) is 0.362. The largest absolute Gasteiger partial charge is 0.487 e. The Balaban J connectivity index is 1.35. The summed E-state index contributed by atoms with van der Waals surface area (Å²) >= 11 is 8.12. The van der Waals surface area contributed by atoms with Crippen molar-refractivity contribution in [3.8, 4) is 5.75 Å². The molecule has 1 atom stereocenters. The standard InChI is InChI=1S/C24H21ClN4O2S/c1-15-12-26-23(31-15)10-16-4-6-21-19(9-16)24(28-14-27-21)29-17-5-7-22(20(25)11-17)30-13-18-3-2-8-32-18/h2-9,11,14-15H,10,12-13H2,1H3,(H,27,28,29). The summed E-state index contributed by atoms with van der Waals surface area (Å²) < 4.78 is 11.6. The molecule has 2 aromatic carbocycles. The summed E-state index contributed by atoms with van der Waals surface area (Å²) in [5.74, 6) is 2.13. The zero-order valence-electron chi connectivity index (χ0n) is 17.4. The number of aromatic nitrogens is 2. The van der Waals surface area contributed by atoms with E-state index in [1.54, 1.807) is 17.7 Å². The minimum atomic E-state index is 0.146. The lowest BCUT2D eigenvalue weighted by Crippen LogP contribution is -2.09. The highest BCUT2D eigenvalue weighted by atomic mass is 35.5. The summed E-state index contributed by atoms with van der Waals surface area (Å²) in [7, 11) is 0. The summed E-state index contributed by atoms with van der Waals surface area (Å²) in [6.45, 7) is 3.24. The van der Waals surface area contributed by atoms with Crippen molar-refractivity contribution >= 4 is 51.2 Å². The van der Waals surface area contributed by atoms with Gasteiger partial charge in [-0.05, 0) is 54.3 Å². The Kier molecular flexibility index (Phi) is 5.92. The van der Waals surface area contributed by atoms with Crippen molar-refractivity contribution in [2.75, 3.05) is 11.9 Å². The minimum Gasteiger partial charge on any atom is -0.487 e.